The Bertz CT molecular complexity index is 185. The summed E-state index contributed by atoms with van der Waals surface area (Å²) in [4.78, 5) is 0. The minimum absolute atomic E-state index is 0.135. The van der Waals surface area contributed by atoms with E-state index in [0.29, 0.717) is 0 Å². The van der Waals surface area contributed by atoms with E-state index >= 15 is 0 Å². The Labute approximate surface area is 77.7 Å². The number of hydrogen-bond donors (Lipinski definition) is 0. The van der Waals surface area contributed by atoms with Gasteiger partial charge in [-0.1, -0.05) is 19.6 Å². The molecular weight excluding hydrogens is 182 g/mol. The number of rotatable bonds is 3. The fourth-order valence-corrected chi connectivity index (χ4v) is 4.37. The maximum absolute atomic E-state index is 8.91. The zero-order chi connectivity index (χ0) is 9.99. The van der Waals surface area contributed by atoms with Crippen LogP contribution in [0.2, 0.25) is 39.3 Å². The molecule has 0 saturated heterocycles. The Morgan fingerprint density at radius 1 is 1.08 bits per heavy atom. The van der Waals surface area contributed by atoms with Gasteiger partial charge in [0.05, 0.1) is 14.1 Å². The van der Waals surface area contributed by atoms with Crippen molar-refractivity contribution in [1.82, 2.24) is 0 Å². The first-order valence-corrected chi connectivity index (χ1v) is 11.2. The lowest BCUT2D eigenvalue weighted by atomic mass is 10.8. The molecule has 0 bridgehead atoms. The van der Waals surface area contributed by atoms with E-state index in [4.69, 9.17) is 9.69 Å². The summed E-state index contributed by atoms with van der Waals surface area (Å²) in [6, 6.07) is 2.27. The maximum Gasteiger partial charge on any atom is 0.185 e. The van der Waals surface area contributed by atoms with Gasteiger partial charge in [0.2, 0.25) is 0 Å². The molecule has 0 amide bonds. The van der Waals surface area contributed by atoms with E-state index in [1.54, 1.807) is 0 Å². The second-order valence-electron chi connectivity index (χ2n) is 5.11. The number of nitriles is 1. The van der Waals surface area contributed by atoms with E-state index in [1.807, 2.05) is 0 Å². The maximum atomic E-state index is 8.91. The standard InChI is InChI=1S/C8H19NOSi2/c1-11(2,3)8(7-9)10-12(4,5)6/h8H,1-6H3. The van der Waals surface area contributed by atoms with E-state index in [0.717, 1.165) is 0 Å². The lowest BCUT2D eigenvalue weighted by molar-refractivity contribution is 0.314. The van der Waals surface area contributed by atoms with Gasteiger partial charge < -0.3 is 4.43 Å². The zero-order valence-corrected chi connectivity index (χ0v) is 10.9. The molecular formula is C8H19NOSi2. The van der Waals surface area contributed by atoms with Crippen LogP contribution in [-0.4, -0.2) is 22.1 Å². The molecule has 0 fully saturated rings. The fraction of sp³-hybridized carbons (Fsp3) is 0.875. The summed E-state index contributed by atoms with van der Waals surface area (Å²) in [6.45, 7) is 12.9. The summed E-state index contributed by atoms with van der Waals surface area (Å²) in [5.74, 6) is 0. The second kappa shape index (κ2) is 3.73. The van der Waals surface area contributed by atoms with Crippen molar-refractivity contribution < 1.29 is 4.43 Å². The van der Waals surface area contributed by atoms with Gasteiger partial charge in [0.15, 0.2) is 8.32 Å². The van der Waals surface area contributed by atoms with Crippen LogP contribution in [0.3, 0.4) is 0 Å². The minimum Gasteiger partial charge on any atom is -0.405 e. The highest BCUT2D eigenvalue weighted by Gasteiger charge is 2.31. The van der Waals surface area contributed by atoms with Gasteiger partial charge in [-0.05, 0) is 19.6 Å². The Morgan fingerprint density at radius 3 is 1.58 bits per heavy atom. The third-order valence-electron chi connectivity index (χ3n) is 1.38. The first-order valence-electron chi connectivity index (χ1n) is 4.24. The molecule has 0 aliphatic rings. The van der Waals surface area contributed by atoms with Gasteiger partial charge in [-0.3, -0.25) is 0 Å². The van der Waals surface area contributed by atoms with E-state index in [2.05, 4.69) is 45.4 Å². The Balaban J connectivity index is 4.33. The number of hydrogen-bond acceptors (Lipinski definition) is 2. The largest absolute Gasteiger partial charge is 0.405 e. The Morgan fingerprint density at radius 2 is 1.50 bits per heavy atom. The quantitative estimate of drug-likeness (QED) is 0.658. The van der Waals surface area contributed by atoms with Crippen molar-refractivity contribution >= 4 is 16.4 Å². The van der Waals surface area contributed by atoms with Crippen molar-refractivity contribution in [2.75, 3.05) is 0 Å². The summed E-state index contributed by atoms with van der Waals surface area (Å²) in [5.41, 5.74) is -0.135. The molecule has 0 aromatic rings. The molecule has 0 N–H and O–H groups in total. The molecule has 0 aromatic carbocycles. The molecule has 0 spiro atoms. The van der Waals surface area contributed by atoms with Gasteiger partial charge in [-0.15, -0.1) is 0 Å². The summed E-state index contributed by atoms with van der Waals surface area (Å²) in [6.07, 6.45) is 0. The predicted molar refractivity (Wildman–Crippen MR) is 57.2 cm³/mol. The minimum atomic E-state index is -1.54. The van der Waals surface area contributed by atoms with Crippen LogP contribution in [-0.2, 0) is 4.43 Å². The average molecular weight is 201 g/mol. The first-order chi connectivity index (χ1) is 5.17. The zero-order valence-electron chi connectivity index (χ0n) is 8.93. The molecule has 0 radical (unpaired) electrons. The lowest BCUT2D eigenvalue weighted by Gasteiger charge is -2.29. The van der Waals surface area contributed by atoms with E-state index in [1.165, 1.54) is 0 Å². The third kappa shape index (κ3) is 4.70. The molecule has 0 aromatic heterocycles. The van der Waals surface area contributed by atoms with Crippen LogP contribution >= 0.6 is 0 Å². The molecule has 1 unspecified atom stereocenters. The SMILES string of the molecule is C[Si](C)(C)OC(C#N)[Si](C)(C)C. The molecule has 0 saturated carbocycles. The fourth-order valence-electron chi connectivity index (χ4n) is 0.750. The van der Waals surface area contributed by atoms with Crippen molar-refractivity contribution in [3.8, 4) is 6.07 Å². The molecule has 70 valence electrons. The molecule has 0 heterocycles. The summed E-state index contributed by atoms with van der Waals surface area (Å²) in [7, 11) is -2.98. The Kier molecular flexibility index (Phi) is 3.69. The van der Waals surface area contributed by atoms with Crippen LogP contribution in [0.15, 0.2) is 0 Å². The molecule has 4 heteroatoms. The van der Waals surface area contributed by atoms with Crippen molar-refractivity contribution in [1.29, 1.82) is 5.26 Å². The molecule has 0 aliphatic carbocycles. The average Bonchev–Trinajstić information content (AvgIpc) is 1.78. The van der Waals surface area contributed by atoms with Crippen LogP contribution in [0, 0.1) is 11.3 Å². The highest BCUT2D eigenvalue weighted by molar-refractivity contribution is 6.79. The van der Waals surface area contributed by atoms with E-state index in [-0.39, 0.29) is 5.73 Å². The normalized spacial score (nSPS) is 15.4. The van der Waals surface area contributed by atoms with E-state index < -0.39 is 16.4 Å². The van der Waals surface area contributed by atoms with Crippen molar-refractivity contribution in [3.05, 3.63) is 0 Å². The highest BCUT2D eigenvalue weighted by atomic mass is 28.4. The van der Waals surface area contributed by atoms with Crippen LogP contribution < -0.4 is 0 Å². The molecule has 1 atom stereocenters. The van der Waals surface area contributed by atoms with Crippen LogP contribution in [0.4, 0.5) is 0 Å². The summed E-state index contributed by atoms with van der Waals surface area (Å²) < 4.78 is 5.79. The molecule has 0 aliphatic heterocycles. The van der Waals surface area contributed by atoms with Crippen LogP contribution in [0.25, 0.3) is 0 Å². The van der Waals surface area contributed by atoms with Gasteiger partial charge in [-0.25, -0.2) is 0 Å². The van der Waals surface area contributed by atoms with Gasteiger partial charge in [-0.2, -0.15) is 5.26 Å². The van der Waals surface area contributed by atoms with E-state index in [9.17, 15) is 0 Å². The third-order valence-corrected chi connectivity index (χ3v) is 4.37. The molecule has 12 heavy (non-hydrogen) atoms. The van der Waals surface area contributed by atoms with Crippen molar-refractivity contribution in [3.63, 3.8) is 0 Å². The smallest absolute Gasteiger partial charge is 0.185 e. The molecule has 2 nitrogen and oxygen atoms in total. The predicted octanol–water partition coefficient (Wildman–Crippen LogP) is 2.61. The lowest BCUT2D eigenvalue weighted by Crippen LogP contribution is -2.45. The topological polar surface area (TPSA) is 33.0 Å². The van der Waals surface area contributed by atoms with Gasteiger partial charge in [0.1, 0.15) is 5.73 Å². The molecule has 0 rings (SSSR count). The monoisotopic (exact) mass is 201 g/mol. The first kappa shape index (κ1) is 11.9. The summed E-state index contributed by atoms with van der Waals surface area (Å²) in [5, 5.41) is 8.91. The van der Waals surface area contributed by atoms with Crippen LogP contribution in [0.1, 0.15) is 0 Å². The highest BCUT2D eigenvalue weighted by Crippen LogP contribution is 2.16. The van der Waals surface area contributed by atoms with Gasteiger partial charge in [0.25, 0.3) is 0 Å². The Hall–Kier alpha value is -0.116. The van der Waals surface area contributed by atoms with Crippen LogP contribution in [0.5, 0.6) is 0 Å². The van der Waals surface area contributed by atoms with Crippen molar-refractivity contribution in [2.45, 2.75) is 45.0 Å². The second-order valence-corrected chi connectivity index (χ2v) is 14.8. The van der Waals surface area contributed by atoms with Crippen molar-refractivity contribution in [2.24, 2.45) is 0 Å². The summed E-state index contributed by atoms with van der Waals surface area (Å²) >= 11 is 0. The van der Waals surface area contributed by atoms with Gasteiger partial charge >= 0.3 is 0 Å². The van der Waals surface area contributed by atoms with Gasteiger partial charge in [0, 0.05) is 0 Å². The number of nitrogens with zero attached hydrogens (tertiary/aromatic N) is 1.